The molecule has 9 nitrogen and oxygen atoms in total. The summed E-state index contributed by atoms with van der Waals surface area (Å²) in [4.78, 5) is 26.6. The molecule has 0 saturated carbocycles. The van der Waals surface area contributed by atoms with Crippen LogP contribution >= 0.6 is 12.4 Å². The topological polar surface area (TPSA) is 123 Å². The van der Waals surface area contributed by atoms with Crippen LogP contribution in [0.15, 0.2) is 18.2 Å². The second kappa shape index (κ2) is 20.1. The van der Waals surface area contributed by atoms with Crippen LogP contribution < -0.4 is 20.5 Å². The molecular weight excluding hydrogens is 570 g/mol. The fourth-order valence-corrected chi connectivity index (χ4v) is 5.69. The van der Waals surface area contributed by atoms with E-state index in [1.807, 2.05) is 30.9 Å². The largest absolute Gasteiger partial charge is 0.493 e. The predicted molar refractivity (Wildman–Crippen MR) is 174 cm³/mol. The molecule has 2 rings (SSSR count). The number of halogens is 1. The van der Waals surface area contributed by atoms with Crippen molar-refractivity contribution in [2.45, 2.75) is 85.3 Å². The average Bonchev–Trinajstić information content (AvgIpc) is 2.96. The minimum absolute atomic E-state index is 0. The van der Waals surface area contributed by atoms with Crippen LogP contribution in [0.3, 0.4) is 0 Å². The SMILES string of the molecule is COCCCOc1cc(C[C@@H](C[C@H](N)[C@@H](O)C[C@H](C(=O)NCC2CCN(C(C)=O)CC2)C(C)C)C(C)C)ccc1OC.Cl. The third-order valence-corrected chi connectivity index (χ3v) is 8.75. The minimum atomic E-state index is -0.779. The van der Waals surface area contributed by atoms with Crippen LogP contribution in [0, 0.1) is 29.6 Å². The zero-order chi connectivity index (χ0) is 31.2. The van der Waals surface area contributed by atoms with E-state index >= 15 is 0 Å². The minimum Gasteiger partial charge on any atom is -0.493 e. The van der Waals surface area contributed by atoms with E-state index in [1.54, 1.807) is 21.1 Å². The zero-order valence-corrected chi connectivity index (χ0v) is 28.3. The molecule has 4 N–H and O–H groups in total. The van der Waals surface area contributed by atoms with Crippen LogP contribution in [-0.2, 0) is 20.7 Å². The molecule has 1 saturated heterocycles. The van der Waals surface area contributed by atoms with E-state index in [-0.39, 0.29) is 42.0 Å². The first kappa shape index (κ1) is 39.0. The lowest BCUT2D eigenvalue weighted by atomic mass is 9.80. The van der Waals surface area contributed by atoms with E-state index in [0.29, 0.717) is 55.9 Å². The highest BCUT2D eigenvalue weighted by Gasteiger charge is 2.30. The van der Waals surface area contributed by atoms with E-state index in [1.165, 1.54) is 0 Å². The zero-order valence-electron chi connectivity index (χ0n) is 27.5. The Morgan fingerprint density at radius 3 is 2.28 bits per heavy atom. The number of aliphatic hydroxyl groups is 1. The van der Waals surface area contributed by atoms with Crippen molar-refractivity contribution in [2.75, 3.05) is 47.1 Å². The summed E-state index contributed by atoms with van der Waals surface area (Å²) in [5, 5.41) is 14.3. The summed E-state index contributed by atoms with van der Waals surface area (Å²) in [6.45, 7) is 13.3. The third-order valence-electron chi connectivity index (χ3n) is 8.75. The molecule has 10 heteroatoms. The molecule has 43 heavy (non-hydrogen) atoms. The smallest absolute Gasteiger partial charge is 0.223 e. The quantitative estimate of drug-likeness (QED) is 0.205. The number of hydrogen-bond donors (Lipinski definition) is 3. The number of nitrogens with two attached hydrogens (primary N) is 1. The van der Waals surface area contributed by atoms with E-state index in [9.17, 15) is 14.7 Å². The van der Waals surface area contributed by atoms with Crippen LogP contribution in [0.1, 0.15) is 72.3 Å². The highest BCUT2D eigenvalue weighted by atomic mass is 35.5. The number of ether oxygens (including phenoxy) is 3. The summed E-state index contributed by atoms with van der Waals surface area (Å²) in [5.41, 5.74) is 7.72. The Kier molecular flexibility index (Phi) is 18.2. The molecule has 0 radical (unpaired) electrons. The van der Waals surface area contributed by atoms with Crippen molar-refractivity contribution in [3.8, 4) is 11.5 Å². The van der Waals surface area contributed by atoms with Crippen molar-refractivity contribution in [2.24, 2.45) is 35.3 Å². The Hall–Kier alpha value is -2.07. The molecular formula is C33H58ClN3O6. The van der Waals surface area contributed by atoms with Crippen LogP contribution in [0.2, 0.25) is 0 Å². The van der Waals surface area contributed by atoms with E-state index in [4.69, 9.17) is 19.9 Å². The van der Waals surface area contributed by atoms with Gasteiger partial charge in [0.05, 0.1) is 19.8 Å². The van der Waals surface area contributed by atoms with Crippen LogP contribution in [0.5, 0.6) is 11.5 Å². The maximum atomic E-state index is 13.2. The molecule has 2 amide bonds. The van der Waals surface area contributed by atoms with Crippen molar-refractivity contribution in [1.29, 1.82) is 0 Å². The Morgan fingerprint density at radius 2 is 1.72 bits per heavy atom. The molecule has 1 aromatic carbocycles. The second-order valence-electron chi connectivity index (χ2n) is 12.6. The number of nitrogens with one attached hydrogen (secondary N) is 1. The van der Waals surface area contributed by atoms with Gasteiger partial charge in [-0.15, -0.1) is 12.4 Å². The molecule has 1 aromatic rings. The van der Waals surface area contributed by atoms with Gasteiger partial charge in [-0.2, -0.15) is 0 Å². The Balaban J connectivity index is 0.00000924. The number of rotatable bonds is 18. The lowest BCUT2D eigenvalue weighted by Gasteiger charge is -2.32. The Morgan fingerprint density at radius 1 is 1.05 bits per heavy atom. The predicted octanol–water partition coefficient (Wildman–Crippen LogP) is 4.46. The van der Waals surface area contributed by atoms with Gasteiger partial charge >= 0.3 is 0 Å². The number of amides is 2. The fraction of sp³-hybridized carbons (Fsp3) is 0.758. The standard InChI is InChI=1S/C33H57N3O6.ClH/c1-22(2)27(17-26-9-10-31(41-7)32(18-26)42-16-8-15-40-6)19-29(34)30(38)20-28(23(3)4)33(39)35-21-25-11-13-36(14-12-25)24(5)37;/h9-10,18,22-23,25,27-30,38H,8,11-17,19-21,34H2,1-7H3,(H,35,39);1H/t27-,28-,29-,30-;/m0./s1. The van der Waals surface area contributed by atoms with Gasteiger partial charge in [-0.3, -0.25) is 9.59 Å². The Labute approximate surface area is 266 Å². The maximum absolute atomic E-state index is 13.2. The van der Waals surface area contributed by atoms with Gasteiger partial charge in [-0.25, -0.2) is 0 Å². The summed E-state index contributed by atoms with van der Waals surface area (Å²) in [6.07, 6.45) is 3.58. The van der Waals surface area contributed by atoms with Gasteiger partial charge in [-0.05, 0) is 73.5 Å². The maximum Gasteiger partial charge on any atom is 0.223 e. The van der Waals surface area contributed by atoms with Crippen molar-refractivity contribution in [1.82, 2.24) is 10.2 Å². The number of carbonyl (C=O) groups excluding carboxylic acids is 2. The number of nitrogens with zero attached hydrogens (tertiary/aromatic N) is 1. The number of benzene rings is 1. The number of carbonyl (C=O) groups is 2. The van der Waals surface area contributed by atoms with Crippen LogP contribution in [0.4, 0.5) is 0 Å². The fourth-order valence-electron chi connectivity index (χ4n) is 5.69. The van der Waals surface area contributed by atoms with Crippen molar-refractivity contribution >= 4 is 24.2 Å². The normalized spacial score (nSPS) is 16.8. The summed E-state index contributed by atoms with van der Waals surface area (Å²) in [6, 6.07) is 5.59. The molecule has 0 aliphatic carbocycles. The van der Waals surface area contributed by atoms with Crippen molar-refractivity contribution < 1.29 is 28.9 Å². The highest BCUT2D eigenvalue weighted by molar-refractivity contribution is 5.85. The third kappa shape index (κ3) is 13.2. The van der Waals surface area contributed by atoms with Gasteiger partial charge in [0, 0.05) is 58.7 Å². The lowest BCUT2D eigenvalue weighted by Crippen LogP contribution is -2.44. The van der Waals surface area contributed by atoms with Crippen molar-refractivity contribution in [3.05, 3.63) is 23.8 Å². The van der Waals surface area contributed by atoms with Gasteiger partial charge in [0.15, 0.2) is 11.5 Å². The molecule has 0 aromatic heterocycles. The first-order valence-corrected chi connectivity index (χ1v) is 15.7. The van der Waals surface area contributed by atoms with E-state index in [2.05, 4.69) is 25.2 Å². The lowest BCUT2D eigenvalue weighted by molar-refractivity contribution is -0.131. The van der Waals surface area contributed by atoms with Gasteiger partial charge in [-0.1, -0.05) is 33.8 Å². The highest BCUT2D eigenvalue weighted by Crippen LogP contribution is 2.32. The Bertz CT molecular complexity index is 955. The van der Waals surface area contributed by atoms with E-state index in [0.717, 1.165) is 44.3 Å². The second-order valence-corrected chi connectivity index (χ2v) is 12.6. The summed E-state index contributed by atoms with van der Waals surface area (Å²) in [7, 11) is 3.31. The van der Waals surface area contributed by atoms with Gasteiger partial charge in [0.25, 0.3) is 0 Å². The van der Waals surface area contributed by atoms with Crippen LogP contribution in [0.25, 0.3) is 0 Å². The van der Waals surface area contributed by atoms with Crippen molar-refractivity contribution in [3.63, 3.8) is 0 Å². The monoisotopic (exact) mass is 627 g/mol. The summed E-state index contributed by atoms with van der Waals surface area (Å²) in [5.74, 6) is 2.23. The van der Waals surface area contributed by atoms with Gasteiger partial charge in [0.2, 0.25) is 11.8 Å². The molecule has 1 aliphatic heterocycles. The number of likely N-dealkylation sites (tertiary alicyclic amines) is 1. The van der Waals surface area contributed by atoms with Gasteiger partial charge in [0.1, 0.15) is 0 Å². The van der Waals surface area contributed by atoms with E-state index < -0.39 is 12.1 Å². The number of aliphatic hydroxyl groups excluding tert-OH is 1. The summed E-state index contributed by atoms with van der Waals surface area (Å²) < 4.78 is 16.6. The molecule has 0 unspecified atom stereocenters. The number of piperidine rings is 1. The average molecular weight is 628 g/mol. The molecule has 1 fully saturated rings. The number of methoxy groups -OCH3 is 2. The molecule has 1 heterocycles. The summed E-state index contributed by atoms with van der Waals surface area (Å²) >= 11 is 0. The molecule has 0 bridgehead atoms. The molecule has 1 aliphatic rings. The van der Waals surface area contributed by atoms with Crippen LogP contribution in [-0.4, -0.2) is 81.0 Å². The first-order chi connectivity index (χ1) is 20.0. The number of hydrogen-bond acceptors (Lipinski definition) is 7. The molecule has 248 valence electrons. The molecule has 4 atom stereocenters. The molecule has 0 spiro atoms. The first-order valence-electron chi connectivity index (χ1n) is 15.7. The van der Waals surface area contributed by atoms with Gasteiger partial charge < -0.3 is 35.3 Å².